The van der Waals surface area contributed by atoms with Gasteiger partial charge < -0.3 is 10.0 Å². The molecular weight excluding hydrogens is 178 g/mol. The van der Waals surface area contributed by atoms with E-state index < -0.39 is 5.97 Å². The van der Waals surface area contributed by atoms with Crippen LogP contribution in [0.1, 0.15) is 34.1 Å². The first kappa shape index (κ1) is 11.5. The molecule has 0 radical (unpaired) electrons. The number of rotatable bonds is 2. The van der Waals surface area contributed by atoms with Crippen molar-refractivity contribution in [1.82, 2.24) is 4.90 Å². The van der Waals surface area contributed by atoms with Gasteiger partial charge in [0, 0.05) is 12.6 Å². The Kier molecular flexibility index (Phi) is 3.20. The zero-order chi connectivity index (χ0) is 10.9. The molecule has 0 spiro atoms. The molecule has 0 aromatic rings. The number of likely N-dealkylation sites (tertiary alicyclic amines) is 1. The summed E-state index contributed by atoms with van der Waals surface area (Å²) < 4.78 is 0. The van der Waals surface area contributed by atoms with Crippen LogP contribution in [0.4, 0.5) is 0 Å². The lowest BCUT2D eigenvalue weighted by atomic mass is 9.73. The Hall–Kier alpha value is -0.570. The van der Waals surface area contributed by atoms with Crippen LogP contribution in [0.15, 0.2) is 0 Å². The van der Waals surface area contributed by atoms with Crippen LogP contribution >= 0.6 is 0 Å². The summed E-state index contributed by atoms with van der Waals surface area (Å²) in [5.41, 5.74) is -0.0583. The molecule has 1 atom stereocenters. The molecule has 0 saturated carbocycles. The molecule has 0 aromatic heterocycles. The molecule has 1 N–H and O–H groups in total. The molecule has 0 aliphatic carbocycles. The molecule has 1 rings (SSSR count). The van der Waals surface area contributed by atoms with E-state index in [9.17, 15) is 4.79 Å². The summed E-state index contributed by atoms with van der Waals surface area (Å²) in [7, 11) is 0. The minimum absolute atomic E-state index is 0.0583. The Bertz CT molecular complexity index is 223. The minimum Gasteiger partial charge on any atom is -0.481 e. The van der Waals surface area contributed by atoms with Gasteiger partial charge in [0.2, 0.25) is 0 Å². The van der Waals surface area contributed by atoms with Crippen LogP contribution in [-0.2, 0) is 4.79 Å². The van der Waals surface area contributed by atoms with Crippen molar-refractivity contribution in [3.05, 3.63) is 0 Å². The van der Waals surface area contributed by atoms with Gasteiger partial charge in [-0.25, -0.2) is 0 Å². The van der Waals surface area contributed by atoms with Crippen molar-refractivity contribution in [2.24, 2.45) is 11.3 Å². The van der Waals surface area contributed by atoms with Crippen LogP contribution in [0.3, 0.4) is 0 Å². The van der Waals surface area contributed by atoms with E-state index in [4.69, 9.17) is 5.11 Å². The van der Waals surface area contributed by atoms with E-state index in [-0.39, 0.29) is 11.3 Å². The van der Waals surface area contributed by atoms with Crippen molar-refractivity contribution in [2.45, 2.75) is 40.2 Å². The average Bonchev–Trinajstić information content (AvgIpc) is 2.02. The van der Waals surface area contributed by atoms with E-state index in [1.807, 2.05) is 0 Å². The monoisotopic (exact) mass is 199 g/mol. The van der Waals surface area contributed by atoms with Gasteiger partial charge in [0.15, 0.2) is 0 Å². The third-order valence-corrected chi connectivity index (χ3v) is 3.43. The normalized spacial score (nSPS) is 27.9. The van der Waals surface area contributed by atoms with E-state index in [1.165, 1.54) is 0 Å². The van der Waals surface area contributed by atoms with Crippen molar-refractivity contribution >= 4 is 5.97 Å². The first-order chi connectivity index (χ1) is 6.34. The highest BCUT2D eigenvalue weighted by molar-refractivity contribution is 5.71. The predicted octanol–water partition coefficient (Wildman–Crippen LogP) is 1.83. The maximum atomic E-state index is 11.1. The Morgan fingerprint density at radius 3 is 2.50 bits per heavy atom. The van der Waals surface area contributed by atoms with Crippen molar-refractivity contribution in [1.29, 1.82) is 0 Å². The molecule has 0 aromatic carbocycles. The lowest BCUT2D eigenvalue weighted by Crippen LogP contribution is -2.50. The maximum absolute atomic E-state index is 11.1. The summed E-state index contributed by atoms with van der Waals surface area (Å²) in [5, 5.41) is 9.15. The van der Waals surface area contributed by atoms with Gasteiger partial charge in [0.1, 0.15) is 0 Å². The Balaban J connectivity index is 2.73. The quantitative estimate of drug-likeness (QED) is 0.737. The van der Waals surface area contributed by atoms with Crippen molar-refractivity contribution in [3.63, 3.8) is 0 Å². The fraction of sp³-hybridized carbons (Fsp3) is 0.909. The SMILES string of the molecule is CC(C)N1CCC(C)(C)C(C(=O)O)C1. The van der Waals surface area contributed by atoms with Gasteiger partial charge in [-0.05, 0) is 32.2 Å². The van der Waals surface area contributed by atoms with Gasteiger partial charge in [-0.3, -0.25) is 4.79 Å². The molecule has 1 unspecified atom stereocenters. The van der Waals surface area contributed by atoms with E-state index in [0.717, 1.165) is 13.0 Å². The van der Waals surface area contributed by atoms with Crippen LogP contribution in [0.5, 0.6) is 0 Å². The van der Waals surface area contributed by atoms with Crippen molar-refractivity contribution in [3.8, 4) is 0 Å². The molecule has 0 bridgehead atoms. The maximum Gasteiger partial charge on any atom is 0.308 e. The molecule has 1 saturated heterocycles. The van der Waals surface area contributed by atoms with E-state index in [1.54, 1.807) is 0 Å². The fourth-order valence-electron chi connectivity index (χ4n) is 2.06. The fourth-order valence-corrected chi connectivity index (χ4v) is 2.06. The zero-order valence-electron chi connectivity index (χ0n) is 9.58. The summed E-state index contributed by atoms with van der Waals surface area (Å²) >= 11 is 0. The largest absolute Gasteiger partial charge is 0.481 e. The number of hydrogen-bond acceptors (Lipinski definition) is 2. The molecule has 82 valence electrons. The summed E-state index contributed by atoms with van der Waals surface area (Å²) in [6.45, 7) is 10.1. The minimum atomic E-state index is -0.652. The standard InChI is InChI=1S/C11H21NO2/c1-8(2)12-6-5-11(3,4)9(7-12)10(13)14/h8-9H,5-7H2,1-4H3,(H,13,14). The van der Waals surface area contributed by atoms with Crippen LogP contribution in [-0.4, -0.2) is 35.1 Å². The highest BCUT2D eigenvalue weighted by Gasteiger charge is 2.40. The van der Waals surface area contributed by atoms with Gasteiger partial charge in [-0.2, -0.15) is 0 Å². The second kappa shape index (κ2) is 3.89. The third-order valence-electron chi connectivity index (χ3n) is 3.43. The average molecular weight is 199 g/mol. The summed E-state index contributed by atoms with van der Waals surface area (Å²) in [6, 6.07) is 0.452. The first-order valence-corrected chi connectivity index (χ1v) is 5.31. The Morgan fingerprint density at radius 1 is 1.50 bits per heavy atom. The molecule has 14 heavy (non-hydrogen) atoms. The predicted molar refractivity (Wildman–Crippen MR) is 56.2 cm³/mol. The topological polar surface area (TPSA) is 40.5 Å². The highest BCUT2D eigenvalue weighted by Crippen LogP contribution is 2.36. The molecule has 1 aliphatic rings. The smallest absolute Gasteiger partial charge is 0.308 e. The van der Waals surface area contributed by atoms with Gasteiger partial charge in [0.05, 0.1) is 5.92 Å². The molecular formula is C11H21NO2. The molecule has 1 fully saturated rings. The van der Waals surface area contributed by atoms with E-state index in [0.29, 0.717) is 12.6 Å². The number of nitrogens with zero attached hydrogens (tertiary/aromatic N) is 1. The molecule has 3 nitrogen and oxygen atoms in total. The van der Waals surface area contributed by atoms with E-state index >= 15 is 0 Å². The van der Waals surface area contributed by atoms with Gasteiger partial charge >= 0.3 is 5.97 Å². The van der Waals surface area contributed by atoms with Gasteiger partial charge in [0.25, 0.3) is 0 Å². The number of carboxylic acid groups (broad SMARTS) is 1. The Labute approximate surface area is 86.1 Å². The second-order valence-electron chi connectivity index (χ2n) is 5.22. The zero-order valence-corrected chi connectivity index (χ0v) is 9.58. The summed E-state index contributed by atoms with van der Waals surface area (Å²) in [4.78, 5) is 13.4. The van der Waals surface area contributed by atoms with Crippen LogP contribution in [0.25, 0.3) is 0 Å². The van der Waals surface area contributed by atoms with Gasteiger partial charge in [-0.1, -0.05) is 13.8 Å². The second-order valence-corrected chi connectivity index (χ2v) is 5.22. The van der Waals surface area contributed by atoms with Gasteiger partial charge in [-0.15, -0.1) is 0 Å². The number of hydrogen-bond donors (Lipinski definition) is 1. The van der Waals surface area contributed by atoms with Crippen LogP contribution in [0.2, 0.25) is 0 Å². The molecule has 1 aliphatic heterocycles. The first-order valence-electron chi connectivity index (χ1n) is 5.31. The number of carboxylic acids is 1. The Morgan fingerprint density at radius 2 is 2.07 bits per heavy atom. The summed E-state index contributed by atoms with van der Waals surface area (Å²) in [6.07, 6.45) is 0.974. The van der Waals surface area contributed by atoms with Crippen molar-refractivity contribution in [2.75, 3.05) is 13.1 Å². The molecule has 3 heteroatoms. The lowest BCUT2D eigenvalue weighted by molar-refractivity contribution is -0.149. The van der Waals surface area contributed by atoms with E-state index in [2.05, 4.69) is 32.6 Å². The number of piperidine rings is 1. The van der Waals surface area contributed by atoms with Crippen molar-refractivity contribution < 1.29 is 9.90 Å². The highest BCUT2D eigenvalue weighted by atomic mass is 16.4. The number of aliphatic carboxylic acids is 1. The third kappa shape index (κ3) is 2.27. The van der Waals surface area contributed by atoms with Crippen LogP contribution < -0.4 is 0 Å². The summed E-state index contributed by atoms with van der Waals surface area (Å²) in [5.74, 6) is -0.876. The number of carbonyl (C=O) groups is 1. The van der Waals surface area contributed by atoms with Crippen LogP contribution in [0, 0.1) is 11.3 Å². The lowest BCUT2D eigenvalue weighted by Gasteiger charge is -2.43. The molecule has 1 heterocycles. The molecule has 0 amide bonds.